The summed E-state index contributed by atoms with van der Waals surface area (Å²) < 4.78 is 1.01. The summed E-state index contributed by atoms with van der Waals surface area (Å²) in [5.74, 6) is 0.547. The van der Waals surface area contributed by atoms with E-state index in [1.54, 1.807) is 0 Å². The van der Waals surface area contributed by atoms with Gasteiger partial charge in [0.25, 0.3) is 0 Å². The molecule has 116 valence electrons. The Bertz CT molecular complexity index is 463. The summed E-state index contributed by atoms with van der Waals surface area (Å²) in [6.07, 6.45) is 4.82. The van der Waals surface area contributed by atoms with Crippen LogP contribution in [0.1, 0.15) is 25.7 Å². The van der Waals surface area contributed by atoms with Crippen molar-refractivity contribution in [3.8, 4) is 0 Å². The topological polar surface area (TPSA) is 58.4 Å². The molecule has 1 fully saturated rings. The lowest BCUT2D eigenvalue weighted by Gasteiger charge is -2.37. The fourth-order valence-corrected chi connectivity index (χ4v) is 3.39. The molecule has 0 aliphatic heterocycles. The van der Waals surface area contributed by atoms with Crippen LogP contribution in [0.2, 0.25) is 0 Å². The Morgan fingerprint density at radius 2 is 2.00 bits per heavy atom. The van der Waals surface area contributed by atoms with Gasteiger partial charge in [-0.3, -0.25) is 9.69 Å². The van der Waals surface area contributed by atoms with Crippen molar-refractivity contribution < 1.29 is 4.79 Å². The van der Waals surface area contributed by atoms with Crippen LogP contribution in [-0.2, 0) is 4.79 Å². The number of carbonyl (C=O) groups excluding carboxylic acids is 1. The number of hydrogen-bond acceptors (Lipinski definition) is 3. The second-order valence-corrected chi connectivity index (χ2v) is 6.73. The number of hydrogen-bond donors (Lipinski definition) is 2. The van der Waals surface area contributed by atoms with Gasteiger partial charge in [0.05, 0.1) is 6.54 Å². The Morgan fingerprint density at radius 3 is 2.67 bits per heavy atom. The van der Waals surface area contributed by atoms with Gasteiger partial charge < -0.3 is 11.1 Å². The van der Waals surface area contributed by atoms with Crippen molar-refractivity contribution in [3.05, 3.63) is 28.7 Å². The van der Waals surface area contributed by atoms with E-state index in [-0.39, 0.29) is 5.91 Å². The molecule has 0 bridgehead atoms. The molecular weight excluding hydrogens is 330 g/mol. The molecule has 4 nitrogen and oxygen atoms in total. The maximum atomic E-state index is 12.1. The van der Waals surface area contributed by atoms with E-state index >= 15 is 0 Å². The van der Waals surface area contributed by atoms with Crippen LogP contribution in [0.5, 0.6) is 0 Å². The highest BCUT2D eigenvalue weighted by molar-refractivity contribution is 9.10. The van der Waals surface area contributed by atoms with E-state index in [0.717, 1.165) is 16.6 Å². The zero-order valence-corrected chi connectivity index (χ0v) is 14.1. The van der Waals surface area contributed by atoms with Crippen molar-refractivity contribution in [2.24, 2.45) is 11.7 Å². The average molecular weight is 354 g/mol. The third-order valence-electron chi connectivity index (χ3n) is 4.26. The molecule has 1 aliphatic carbocycles. The summed E-state index contributed by atoms with van der Waals surface area (Å²) in [7, 11) is 2.03. The maximum Gasteiger partial charge on any atom is 0.238 e. The lowest BCUT2D eigenvalue weighted by molar-refractivity contribution is -0.117. The normalized spacial score (nSPS) is 22.3. The van der Waals surface area contributed by atoms with Crippen LogP contribution >= 0.6 is 15.9 Å². The molecule has 0 spiro atoms. The molecule has 0 heterocycles. The highest BCUT2D eigenvalue weighted by Crippen LogP contribution is 2.27. The number of carbonyl (C=O) groups is 1. The molecule has 21 heavy (non-hydrogen) atoms. The van der Waals surface area contributed by atoms with Gasteiger partial charge >= 0.3 is 0 Å². The van der Waals surface area contributed by atoms with Gasteiger partial charge in [-0.1, -0.05) is 28.8 Å². The van der Waals surface area contributed by atoms with Crippen LogP contribution in [0.4, 0.5) is 5.69 Å². The van der Waals surface area contributed by atoms with Crippen LogP contribution in [0.3, 0.4) is 0 Å². The second-order valence-electron chi connectivity index (χ2n) is 5.82. The Balaban J connectivity index is 1.87. The van der Waals surface area contributed by atoms with Crippen LogP contribution < -0.4 is 11.1 Å². The first-order valence-electron chi connectivity index (χ1n) is 7.56. The third-order valence-corrected chi connectivity index (χ3v) is 4.79. The Kier molecular flexibility index (Phi) is 6.21. The van der Waals surface area contributed by atoms with Crippen LogP contribution in [0.15, 0.2) is 28.7 Å². The number of nitrogens with one attached hydrogen (secondary N) is 1. The van der Waals surface area contributed by atoms with Gasteiger partial charge in [-0.25, -0.2) is 0 Å². The van der Waals surface area contributed by atoms with Crippen molar-refractivity contribution in [1.82, 2.24) is 4.90 Å². The Hall–Kier alpha value is -0.910. The number of anilines is 1. The predicted octanol–water partition coefficient (Wildman–Crippen LogP) is 2.84. The second kappa shape index (κ2) is 7.92. The summed E-state index contributed by atoms with van der Waals surface area (Å²) >= 11 is 3.39. The number of halogens is 1. The number of nitrogens with two attached hydrogens (primary N) is 1. The molecule has 1 amide bonds. The van der Waals surface area contributed by atoms with E-state index in [1.165, 1.54) is 19.3 Å². The third kappa shape index (κ3) is 4.80. The quantitative estimate of drug-likeness (QED) is 0.855. The van der Waals surface area contributed by atoms with Crippen molar-refractivity contribution >= 4 is 27.5 Å². The molecule has 3 N–H and O–H groups in total. The summed E-state index contributed by atoms with van der Waals surface area (Å²) in [5, 5.41) is 2.94. The lowest BCUT2D eigenvalue weighted by Crippen LogP contribution is -2.45. The van der Waals surface area contributed by atoms with Crippen molar-refractivity contribution in [2.45, 2.75) is 31.7 Å². The highest BCUT2D eigenvalue weighted by Gasteiger charge is 2.28. The van der Waals surface area contributed by atoms with Crippen LogP contribution in [0, 0.1) is 5.92 Å². The van der Waals surface area contributed by atoms with E-state index in [0.29, 0.717) is 25.0 Å². The largest absolute Gasteiger partial charge is 0.330 e. The first-order valence-corrected chi connectivity index (χ1v) is 8.35. The Labute approximate surface area is 135 Å². The summed E-state index contributed by atoms with van der Waals surface area (Å²) in [6.45, 7) is 1.13. The van der Waals surface area contributed by atoms with Gasteiger partial charge in [-0.2, -0.15) is 0 Å². The molecular formula is C16H24BrN3O. The molecule has 2 unspecified atom stereocenters. The maximum absolute atomic E-state index is 12.1. The predicted molar refractivity (Wildman–Crippen MR) is 90.2 cm³/mol. The van der Waals surface area contributed by atoms with E-state index in [4.69, 9.17) is 5.73 Å². The molecule has 0 radical (unpaired) electrons. The monoisotopic (exact) mass is 353 g/mol. The minimum absolute atomic E-state index is 0.0289. The SMILES string of the molecule is CN(CC(=O)Nc1ccc(Br)cc1)C1CCCCC1CN. The number of likely N-dealkylation sites (N-methyl/N-ethyl adjacent to an activating group) is 1. The molecule has 1 aromatic carbocycles. The zero-order valence-electron chi connectivity index (χ0n) is 12.5. The number of rotatable bonds is 5. The standard InChI is InChI=1S/C16H24BrN3O/c1-20(15-5-3-2-4-12(15)10-18)11-16(21)19-14-8-6-13(17)7-9-14/h6-9,12,15H,2-5,10-11,18H2,1H3,(H,19,21). The molecule has 2 atom stereocenters. The smallest absolute Gasteiger partial charge is 0.238 e. The fraction of sp³-hybridized carbons (Fsp3) is 0.562. The number of amides is 1. The van der Waals surface area contributed by atoms with E-state index in [2.05, 4.69) is 26.1 Å². The van der Waals surface area contributed by atoms with Gasteiger partial charge in [0.1, 0.15) is 0 Å². The molecule has 5 heteroatoms. The van der Waals surface area contributed by atoms with Gasteiger partial charge in [0, 0.05) is 16.2 Å². The summed E-state index contributed by atoms with van der Waals surface area (Å²) in [6, 6.07) is 8.06. The average Bonchev–Trinajstić information content (AvgIpc) is 2.49. The fourth-order valence-electron chi connectivity index (χ4n) is 3.12. The van der Waals surface area contributed by atoms with Crippen molar-refractivity contribution in [3.63, 3.8) is 0 Å². The molecule has 0 saturated heterocycles. The molecule has 2 rings (SSSR count). The van der Waals surface area contributed by atoms with Crippen LogP contribution in [0.25, 0.3) is 0 Å². The summed E-state index contributed by atoms with van der Waals surface area (Å²) in [5.41, 5.74) is 6.70. The number of benzene rings is 1. The van der Waals surface area contributed by atoms with Crippen molar-refractivity contribution in [1.29, 1.82) is 0 Å². The number of nitrogens with zero attached hydrogens (tertiary/aromatic N) is 1. The Morgan fingerprint density at radius 1 is 1.33 bits per heavy atom. The first kappa shape index (κ1) is 16.5. The minimum Gasteiger partial charge on any atom is -0.330 e. The molecule has 1 aliphatic rings. The highest BCUT2D eigenvalue weighted by atomic mass is 79.9. The van der Waals surface area contributed by atoms with Crippen LogP contribution in [-0.4, -0.2) is 37.0 Å². The minimum atomic E-state index is 0.0289. The van der Waals surface area contributed by atoms with Gasteiger partial charge in [0.15, 0.2) is 0 Å². The lowest BCUT2D eigenvalue weighted by atomic mass is 9.84. The van der Waals surface area contributed by atoms with E-state index in [1.807, 2.05) is 31.3 Å². The van der Waals surface area contributed by atoms with Gasteiger partial charge in [-0.15, -0.1) is 0 Å². The molecule has 1 aromatic rings. The van der Waals surface area contributed by atoms with Crippen molar-refractivity contribution in [2.75, 3.05) is 25.5 Å². The van der Waals surface area contributed by atoms with E-state index in [9.17, 15) is 4.79 Å². The molecule has 1 saturated carbocycles. The molecule has 0 aromatic heterocycles. The first-order chi connectivity index (χ1) is 10.1. The zero-order chi connectivity index (χ0) is 15.2. The van der Waals surface area contributed by atoms with E-state index < -0.39 is 0 Å². The summed E-state index contributed by atoms with van der Waals surface area (Å²) in [4.78, 5) is 14.3. The van der Waals surface area contributed by atoms with Gasteiger partial charge in [-0.05, 0) is 56.6 Å². The van der Waals surface area contributed by atoms with Gasteiger partial charge in [0.2, 0.25) is 5.91 Å².